The Morgan fingerprint density at radius 3 is 2.71 bits per heavy atom. The van der Waals surface area contributed by atoms with Crippen molar-refractivity contribution in [1.82, 2.24) is 14.7 Å². The Morgan fingerprint density at radius 1 is 1.13 bits per heavy atom. The van der Waals surface area contributed by atoms with E-state index in [1.54, 1.807) is 6.07 Å². The molecule has 0 radical (unpaired) electrons. The van der Waals surface area contributed by atoms with Crippen LogP contribution in [0.15, 0.2) is 59.5 Å². The lowest BCUT2D eigenvalue weighted by Gasteiger charge is -2.26. The van der Waals surface area contributed by atoms with Crippen LogP contribution in [0, 0.1) is 11.6 Å². The van der Waals surface area contributed by atoms with Gasteiger partial charge >= 0.3 is 12.1 Å². The summed E-state index contributed by atoms with van der Waals surface area (Å²) in [5.41, 5.74) is 2.37. The molecule has 6 rings (SSSR count). The van der Waals surface area contributed by atoms with Gasteiger partial charge in [-0.25, -0.2) is 18.6 Å². The minimum absolute atomic E-state index is 0.0272. The summed E-state index contributed by atoms with van der Waals surface area (Å²) in [6, 6.07) is 7.58. The highest BCUT2D eigenvalue weighted by Gasteiger charge is 2.38. The van der Waals surface area contributed by atoms with Crippen molar-refractivity contribution in [3.05, 3.63) is 89.2 Å². The van der Waals surface area contributed by atoms with Crippen molar-refractivity contribution in [3.8, 4) is 11.3 Å². The molecule has 236 valence electrons. The van der Waals surface area contributed by atoms with Gasteiger partial charge in [-0.2, -0.15) is 13.2 Å². The maximum Gasteiger partial charge on any atom is 0.417 e. The van der Waals surface area contributed by atoms with E-state index in [4.69, 9.17) is 19.1 Å². The normalized spacial score (nSPS) is 15.1. The van der Waals surface area contributed by atoms with Gasteiger partial charge in [-0.15, -0.1) is 0 Å². The second-order valence-corrected chi connectivity index (χ2v) is 10.4. The van der Waals surface area contributed by atoms with Crippen molar-refractivity contribution in [1.29, 1.82) is 0 Å². The molecular weight excluding hydrogens is 605 g/mol. The number of hydrogen-bond acceptors (Lipinski definition) is 9. The van der Waals surface area contributed by atoms with Gasteiger partial charge in [-0.3, -0.25) is 10.4 Å². The number of ether oxygens (including phenoxy) is 2. The molecule has 1 saturated carbocycles. The summed E-state index contributed by atoms with van der Waals surface area (Å²) in [5.74, 6) is -2.91. The number of carbonyl (C=O) groups is 1. The van der Waals surface area contributed by atoms with Crippen LogP contribution < -0.4 is 10.4 Å². The van der Waals surface area contributed by atoms with Gasteiger partial charge in [0.05, 0.1) is 37.4 Å². The predicted molar refractivity (Wildman–Crippen MR) is 150 cm³/mol. The molecule has 3 heterocycles. The molecule has 1 aliphatic heterocycles. The fourth-order valence-electron chi connectivity index (χ4n) is 4.99. The lowest BCUT2D eigenvalue weighted by Crippen LogP contribution is -2.29. The second-order valence-electron chi connectivity index (χ2n) is 10.4. The number of benzene rings is 2. The summed E-state index contributed by atoms with van der Waals surface area (Å²) in [5, 5.41) is 14.0. The van der Waals surface area contributed by atoms with Gasteiger partial charge in [0, 0.05) is 17.8 Å². The Morgan fingerprint density at radius 2 is 1.96 bits per heavy atom. The summed E-state index contributed by atoms with van der Waals surface area (Å²) >= 11 is 0. The smallest absolute Gasteiger partial charge is 0.417 e. The van der Waals surface area contributed by atoms with Gasteiger partial charge in [0.15, 0.2) is 29.3 Å². The number of nitrogens with one attached hydrogen (secondary N) is 1. The molecular formula is C30H26F5N5O5. The Balaban J connectivity index is 1.34. The number of hydrazine groups is 1. The van der Waals surface area contributed by atoms with Crippen LogP contribution in [-0.4, -0.2) is 52.2 Å². The van der Waals surface area contributed by atoms with Crippen molar-refractivity contribution in [2.24, 2.45) is 0 Å². The van der Waals surface area contributed by atoms with E-state index in [2.05, 4.69) is 15.6 Å². The number of aliphatic hydroxyl groups excluding tert-OH is 1. The van der Waals surface area contributed by atoms with E-state index >= 15 is 0 Å². The largest absolute Gasteiger partial charge is 0.461 e. The second kappa shape index (κ2) is 12.3. The number of fused-ring (bicyclic) bond motifs is 1. The maximum absolute atomic E-state index is 14.4. The highest BCUT2D eigenvalue weighted by Crippen LogP contribution is 2.45. The van der Waals surface area contributed by atoms with Gasteiger partial charge in [0.1, 0.15) is 18.0 Å². The number of rotatable bonds is 11. The quantitative estimate of drug-likeness (QED) is 0.123. The number of imidazole rings is 1. The Hall–Kier alpha value is -4.76. The van der Waals surface area contributed by atoms with Gasteiger partial charge in [0.25, 0.3) is 0 Å². The highest BCUT2D eigenvalue weighted by molar-refractivity contribution is 5.80. The third-order valence-electron chi connectivity index (χ3n) is 7.31. The molecule has 10 nitrogen and oxygen atoms in total. The minimum Gasteiger partial charge on any atom is -0.461 e. The molecule has 0 saturated heterocycles. The summed E-state index contributed by atoms with van der Waals surface area (Å²) in [4.78, 5) is 17.7. The molecule has 1 aliphatic carbocycles. The molecule has 4 aromatic rings. The van der Waals surface area contributed by atoms with E-state index in [1.807, 2.05) is 0 Å². The third kappa shape index (κ3) is 6.26. The number of aliphatic hydroxyl groups is 1. The van der Waals surface area contributed by atoms with Crippen LogP contribution in [-0.2, 0) is 20.4 Å². The van der Waals surface area contributed by atoms with E-state index in [-0.39, 0.29) is 60.9 Å². The first kappa shape index (κ1) is 30.3. The SMILES string of the molecule is O=C(OCCOCCO)C(c1cc(-c2ccc(C3CC3)cc2C(F)(F)F)no1)n1cnc2c1C=CN(c1cccc(F)c1F)N2. The molecule has 15 heteroatoms. The first-order valence-corrected chi connectivity index (χ1v) is 13.9. The lowest BCUT2D eigenvalue weighted by atomic mass is 9.98. The lowest BCUT2D eigenvalue weighted by molar-refractivity contribution is -0.148. The number of hydrogen-bond donors (Lipinski definition) is 2. The van der Waals surface area contributed by atoms with Crippen LogP contribution in [0.3, 0.4) is 0 Å². The van der Waals surface area contributed by atoms with Gasteiger partial charge < -0.3 is 23.7 Å². The van der Waals surface area contributed by atoms with Gasteiger partial charge in [0.2, 0.25) is 0 Å². The number of anilines is 2. The van der Waals surface area contributed by atoms with E-state index < -0.39 is 35.4 Å². The fourth-order valence-corrected chi connectivity index (χ4v) is 4.99. The third-order valence-corrected chi connectivity index (χ3v) is 7.31. The average Bonchev–Trinajstić information content (AvgIpc) is 3.63. The van der Waals surface area contributed by atoms with Crippen molar-refractivity contribution in [2.75, 3.05) is 36.9 Å². The summed E-state index contributed by atoms with van der Waals surface area (Å²) in [7, 11) is 0. The zero-order valence-corrected chi connectivity index (χ0v) is 23.4. The van der Waals surface area contributed by atoms with Crippen LogP contribution in [0.25, 0.3) is 17.3 Å². The standard InChI is InChI=1S/C30H26F5N5O5/c31-21-2-1-3-23(26(21)32)40-9-8-24-28(37-40)36-16-39(24)27(29(42)44-13-12-43-11-10-41)25-15-22(38-45-25)19-7-6-18(17-4-5-17)14-20(19)30(33,34)35/h1-3,6-9,14-17,27,37,41H,4-5,10-13H2. The highest BCUT2D eigenvalue weighted by atomic mass is 19.4. The monoisotopic (exact) mass is 631 g/mol. The fraction of sp³-hybridized carbons (Fsp3) is 0.300. The molecule has 1 unspecified atom stereocenters. The molecule has 0 spiro atoms. The van der Waals surface area contributed by atoms with Crippen LogP contribution in [0.4, 0.5) is 33.5 Å². The average molecular weight is 632 g/mol. The van der Waals surface area contributed by atoms with Gasteiger partial charge in [-0.05, 0) is 48.6 Å². The molecule has 2 aromatic carbocycles. The van der Waals surface area contributed by atoms with Crippen LogP contribution in [0.5, 0.6) is 0 Å². The predicted octanol–water partition coefficient (Wildman–Crippen LogP) is 5.67. The molecule has 2 N–H and O–H groups in total. The van der Waals surface area contributed by atoms with Crippen LogP contribution in [0.1, 0.15) is 47.4 Å². The molecule has 2 aliphatic rings. The first-order chi connectivity index (χ1) is 21.7. The summed E-state index contributed by atoms with van der Waals surface area (Å²) in [6.07, 6.45) is 1.10. The van der Waals surface area contributed by atoms with Crippen molar-refractivity contribution in [2.45, 2.75) is 31.0 Å². The van der Waals surface area contributed by atoms with Gasteiger partial charge in [-0.1, -0.05) is 23.4 Å². The Labute approximate surface area is 252 Å². The van der Waals surface area contributed by atoms with E-state index in [9.17, 15) is 26.7 Å². The van der Waals surface area contributed by atoms with Crippen LogP contribution in [0.2, 0.25) is 0 Å². The number of carbonyl (C=O) groups excluding carboxylic acids is 1. The number of nitrogens with zero attached hydrogens (tertiary/aromatic N) is 4. The minimum atomic E-state index is -4.67. The van der Waals surface area contributed by atoms with Crippen molar-refractivity contribution < 1.29 is 45.8 Å². The molecule has 45 heavy (non-hydrogen) atoms. The van der Waals surface area contributed by atoms with Crippen LogP contribution >= 0.6 is 0 Å². The van der Waals surface area contributed by atoms with Crippen molar-refractivity contribution in [3.63, 3.8) is 0 Å². The van der Waals surface area contributed by atoms with E-state index in [0.29, 0.717) is 11.3 Å². The summed E-state index contributed by atoms with van der Waals surface area (Å²) in [6.45, 7) is -0.424. The number of halogens is 5. The van der Waals surface area contributed by atoms with E-state index in [0.717, 1.165) is 25.0 Å². The van der Waals surface area contributed by atoms with Crippen molar-refractivity contribution >= 4 is 23.6 Å². The Kier molecular flexibility index (Phi) is 8.29. The molecule has 1 fully saturated rings. The number of alkyl halides is 3. The summed E-state index contributed by atoms with van der Waals surface area (Å²) < 4.78 is 87.9. The first-order valence-electron chi connectivity index (χ1n) is 13.9. The topological polar surface area (TPSA) is 115 Å². The molecule has 0 bridgehead atoms. The maximum atomic E-state index is 14.4. The number of aromatic nitrogens is 3. The molecule has 2 aromatic heterocycles. The molecule has 1 atom stereocenters. The molecule has 0 amide bonds. The van der Waals surface area contributed by atoms with E-state index in [1.165, 1.54) is 52.4 Å². The zero-order valence-electron chi connectivity index (χ0n) is 23.4. The zero-order chi connectivity index (χ0) is 31.7. The number of esters is 1. The Bertz CT molecular complexity index is 1730.